The highest BCUT2D eigenvalue weighted by Crippen LogP contribution is 2.50. The van der Waals surface area contributed by atoms with Gasteiger partial charge < -0.3 is 0 Å². The Hall–Kier alpha value is -1.77. The highest BCUT2D eigenvalue weighted by atomic mass is 32.1. The summed E-state index contributed by atoms with van der Waals surface area (Å²) in [6.45, 7) is 8.80. The zero-order chi connectivity index (χ0) is 20.6. The van der Waals surface area contributed by atoms with E-state index in [9.17, 15) is 5.26 Å². The third-order valence-corrected chi connectivity index (χ3v) is 7.17. The third kappa shape index (κ3) is 3.73. The molecule has 29 heavy (non-hydrogen) atoms. The quantitative estimate of drug-likeness (QED) is 0.621. The Morgan fingerprint density at radius 1 is 1.03 bits per heavy atom. The lowest BCUT2D eigenvalue weighted by Gasteiger charge is -2.41. The van der Waals surface area contributed by atoms with E-state index in [1.54, 1.807) is 0 Å². The molecular weight excluding hydrogens is 376 g/mol. The van der Waals surface area contributed by atoms with Crippen LogP contribution in [0.3, 0.4) is 0 Å². The predicted molar refractivity (Wildman–Crippen MR) is 124 cm³/mol. The molecule has 2 aliphatic heterocycles. The highest BCUT2D eigenvalue weighted by molar-refractivity contribution is 7.80. The molecule has 0 N–H and O–H groups in total. The standard InChI is InChI=1S/C24H32N4S/c1-23(2,3)26-21-20(27-15-7-8-16-27)24(13-5-4-6-14-24)22(29)28(21)19-11-9-18(17-25)10-12-19/h9-12,20H,4-8,13-16H2,1-3H3/t20-/m0/s1. The van der Waals surface area contributed by atoms with Crippen LogP contribution in [0.25, 0.3) is 0 Å². The second kappa shape index (κ2) is 7.81. The molecular formula is C24H32N4S. The van der Waals surface area contributed by atoms with E-state index in [4.69, 9.17) is 17.2 Å². The molecule has 4 nitrogen and oxygen atoms in total. The van der Waals surface area contributed by atoms with Crippen LogP contribution in [0.15, 0.2) is 29.3 Å². The van der Waals surface area contributed by atoms with Gasteiger partial charge in [-0.25, -0.2) is 0 Å². The second-order valence-electron chi connectivity index (χ2n) is 9.80. The van der Waals surface area contributed by atoms with E-state index >= 15 is 0 Å². The van der Waals surface area contributed by atoms with Gasteiger partial charge in [-0.15, -0.1) is 0 Å². The van der Waals surface area contributed by atoms with Crippen LogP contribution in [-0.4, -0.2) is 40.4 Å². The van der Waals surface area contributed by atoms with Gasteiger partial charge in [-0.2, -0.15) is 5.26 Å². The Kier molecular flexibility index (Phi) is 5.52. The van der Waals surface area contributed by atoms with E-state index in [1.807, 2.05) is 24.3 Å². The SMILES string of the molecule is CC(C)(C)N=C1[C@H](N2CCCC2)C2(CCCCC2)C(=S)N1c1ccc(C#N)cc1. The summed E-state index contributed by atoms with van der Waals surface area (Å²) in [5, 5.41) is 9.22. The van der Waals surface area contributed by atoms with Gasteiger partial charge in [-0.3, -0.25) is 14.8 Å². The zero-order valence-corrected chi connectivity index (χ0v) is 18.8. The molecule has 1 aromatic carbocycles. The van der Waals surface area contributed by atoms with Gasteiger partial charge in [0.15, 0.2) is 0 Å². The Morgan fingerprint density at radius 3 is 2.21 bits per heavy atom. The average molecular weight is 409 g/mol. The van der Waals surface area contributed by atoms with Crippen molar-refractivity contribution in [1.29, 1.82) is 5.26 Å². The molecule has 3 aliphatic rings. The van der Waals surface area contributed by atoms with Gasteiger partial charge in [0, 0.05) is 11.1 Å². The van der Waals surface area contributed by atoms with Crippen LogP contribution in [-0.2, 0) is 0 Å². The summed E-state index contributed by atoms with van der Waals surface area (Å²) in [4.78, 5) is 11.2. The van der Waals surface area contributed by atoms with Gasteiger partial charge in [-0.05, 0) is 83.8 Å². The van der Waals surface area contributed by atoms with Crippen LogP contribution < -0.4 is 4.90 Å². The van der Waals surface area contributed by atoms with E-state index in [1.165, 1.54) is 32.1 Å². The summed E-state index contributed by atoms with van der Waals surface area (Å²) >= 11 is 6.25. The highest BCUT2D eigenvalue weighted by Gasteiger charge is 2.57. The molecule has 5 heteroatoms. The topological polar surface area (TPSA) is 42.6 Å². The molecule has 1 aliphatic carbocycles. The Bertz CT molecular complexity index is 831. The van der Waals surface area contributed by atoms with Crippen molar-refractivity contribution in [1.82, 2.24) is 4.90 Å². The second-order valence-corrected chi connectivity index (χ2v) is 10.2. The molecule has 0 aromatic heterocycles. The van der Waals surface area contributed by atoms with Gasteiger partial charge in [0.25, 0.3) is 0 Å². The number of hydrogen-bond acceptors (Lipinski definition) is 4. The first kappa shape index (κ1) is 20.5. The van der Waals surface area contributed by atoms with Gasteiger partial charge in [0.1, 0.15) is 5.84 Å². The van der Waals surface area contributed by atoms with Crippen molar-refractivity contribution in [3.63, 3.8) is 0 Å². The van der Waals surface area contributed by atoms with Crippen LogP contribution in [0.5, 0.6) is 0 Å². The van der Waals surface area contributed by atoms with Crippen LogP contribution >= 0.6 is 12.2 Å². The summed E-state index contributed by atoms with van der Waals surface area (Å²) in [5.74, 6) is 1.12. The number of nitrogens with zero attached hydrogens (tertiary/aromatic N) is 4. The first-order chi connectivity index (χ1) is 13.9. The summed E-state index contributed by atoms with van der Waals surface area (Å²) < 4.78 is 0. The Labute approximate surface area is 180 Å². The van der Waals surface area contributed by atoms with E-state index in [-0.39, 0.29) is 17.0 Å². The first-order valence-electron chi connectivity index (χ1n) is 11.0. The Morgan fingerprint density at radius 2 is 1.66 bits per heavy atom. The molecule has 1 aromatic rings. The van der Waals surface area contributed by atoms with Gasteiger partial charge in [-0.1, -0.05) is 31.5 Å². The number of anilines is 1. The summed E-state index contributed by atoms with van der Waals surface area (Å²) in [5.41, 5.74) is 1.56. The molecule has 1 saturated carbocycles. The van der Waals surface area contributed by atoms with Crippen LogP contribution in [0.2, 0.25) is 0 Å². The minimum absolute atomic E-state index is 0.00983. The molecule has 4 rings (SSSR count). The number of thiocarbonyl (C=S) groups is 1. The average Bonchev–Trinajstić information content (AvgIpc) is 3.28. The lowest BCUT2D eigenvalue weighted by atomic mass is 9.70. The summed E-state index contributed by atoms with van der Waals surface area (Å²) in [6.07, 6.45) is 8.63. The fourth-order valence-electron chi connectivity index (χ4n) is 5.38. The van der Waals surface area contributed by atoms with Crippen LogP contribution in [0.4, 0.5) is 5.69 Å². The number of hydrogen-bond donors (Lipinski definition) is 0. The number of amidine groups is 1. The molecule has 0 radical (unpaired) electrons. The molecule has 154 valence electrons. The lowest BCUT2D eigenvalue weighted by Crippen LogP contribution is -2.50. The zero-order valence-electron chi connectivity index (χ0n) is 17.9. The van der Waals surface area contributed by atoms with Gasteiger partial charge >= 0.3 is 0 Å². The lowest BCUT2D eigenvalue weighted by molar-refractivity contribution is 0.154. The number of aliphatic imine (C=N–C) groups is 1. The molecule has 1 spiro atoms. The maximum atomic E-state index is 9.22. The maximum absolute atomic E-state index is 9.22. The molecule has 0 unspecified atom stereocenters. The fourth-order valence-corrected chi connectivity index (χ4v) is 5.90. The van der Waals surface area contributed by atoms with Crippen molar-refractivity contribution in [3.05, 3.63) is 29.8 Å². The van der Waals surface area contributed by atoms with Crippen molar-refractivity contribution in [3.8, 4) is 6.07 Å². The normalized spacial score (nSPS) is 26.4. The van der Waals surface area contributed by atoms with E-state index < -0.39 is 0 Å². The first-order valence-corrected chi connectivity index (χ1v) is 11.5. The largest absolute Gasteiger partial charge is 0.293 e. The van der Waals surface area contributed by atoms with Crippen LogP contribution in [0.1, 0.15) is 71.3 Å². The van der Waals surface area contributed by atoms with E-state index in [0.29, 0.717) is 5.56 Å². The molecule has 1 atom stereocenters. The van der Waals surface area contributed by atoms with E-state index in [0.717, 1.165) is 42.4 Å². The monoisotopic (exact) mass is 408 g/mol. The summed E-state index contributed by atoms with van der Waals surface area (Å²) in [6, 6.07) is 10.3. The smallest absolute Gasteiger partial charge is 0.127 e. The van der Waals surface area contributed by atoms with Gasteiger partial charge in [0.2, 0.25) is 0 Å². The number of rotatable bonds is 2. The van der Waals surface area contributed by atoms with Crippen LogP contribution in [0, 0.1) is 16.7 Å². The van der Waals surface area contributed by atoms with Crippen molar-refractivity contribution < 1.29 is 0 Å². The predicted octanol–water partition coefficient (Wildman–Crippen LogP) is 5.32. The summed E-state index contributed by atoms with van der Waals surface area (Å²) in [7, 11) is 0. The molecule has 0 amide bonds. The van der Waals surface area contributed by atoms with Crippen molar-refractivity contribution in [2.24, 2.45) is 10.4 Å². The maximum Gasteiger partial charge on any atom is 0.127 e. The molecule has 2 saturated heterocycles. The number of likely N-dealkylation sites (tertiary alicyclic amines) is 1. The number of nitriles is 1. The van der Waals surface area contributed by atoms with Crippen molar-refractivity contribution in [2.45, 2.75) is 77.3 Å². The fraction of sp³-hybridized carbons (Fsp3) is 0.625. The molecule has 2 heterocycles. The minimum atomic E-state index is -0.173. The minimum Gasteiger partial charge on any atom is -0.293 e. The number of benzene rings is 1. The molecule has 0 bridgehead atoms. The Balaban J connectivity index is 1.87. The van der Waals surface area contributed by atoms with Crippen molar-refractivity contribution in [2.75, 3.05) is 18.0 Å². The third-order valence-electron chi connectivity index (χ3n) is 6.58. The van der Waals surface area contributed by atoms with Crippen molar-refractivity contribution >= 4 is 28.7 Å². The van der Waals surface area contributed by atoms with Gasteiger partial charge in [0.05, 0.1) is 28.2 Å². The van der Waals surface area contributed by atoms with E-state index in [2.05, 4.69) is 36.6 Å². The molecule has 3 fully saturated rings.